The number of hydrogen-bond donors (Lipinski definition) is 2. The molecule has 1 aromatic carbocycles. The van der Waals surface area contributed by atoms with Crippen LogP contribution < -0.4 is 5.32 Å². The first kappa shape index (κ1) is 10.5. The van der Waals surface area contributed by atoms with E-state index in [9.17, 15) is 0 Å². The van der Waals surface area contributed by atoms with Gasteiger partial charge in [-0.2, -0.15) is 0 Å². The van der Waals surface area contributed by atoms with Gasteiger partial charge in [0.15, 0.2) is 0 Å². The molecule has 1 heterocycles. The first-order chi connectivity index (χ1) is 7.75. The molecule has 0 aliphatic rings. The number of hydrogen-bond acceptors (Lipinski definition) is 3. The Balaban J connectivity index is 2.02. The maximum atomic E-state index is 9.10. The smallest absolute Gasteiger partial charge is 0.133 e. The second-order valence-corrected chi connectivity index (χ2v) is 3.68. The van der Waals surface area contributed by atoms with Crippen molar-refractivity contribution in [2.75, 3.05) is 5.32 Å². The molecule has 2 rings (SSSR count). The van der Waals surface area contributed by atoms with Gasteiger partial charge in [0.25, 0.3) is 0 Å². The van der Waals surface area contributed by atoms with Crippen molar-refractivity contribution in [3.05, 3.63) is 53.9 Å². The highest BCUT2D eigenvalue weighted by Gasteiger charge is 1.97. The second-order valence-electron chi connectivity index (χ2n) is 3.68. The van der Waals surface area contributed by atoms with Crippen LogP contribution in [0.3, 0.4) is 0 Å². The summed E-state index contributed by atoms with van der Waals surface area (Å²) in [6, 6.07) is 11.6. The predicted octanol–water partition coefficient (Wildman–Crippen LogP) is 2.71. The number of nitrogens with one attached hydrogen (secondary N) is 1. The van der Waals surface area contributed by atoms with Gasteiger partial charge in [0.1, 0.15) is 5.75 Å². The van der Waals surface area contributed by atoms with Crippen molar-refractivity contribution in [1.29, 1.82) is 0 Å². The van der Waals surface area contributed by atoms with Crippen LogP contribution in [0.15, 0.2) is 42.6 Å². The highest BCUT2D eigenvalue weighted by molar-refractivity contribution is 5.50. The van der Waals surface area contributed by atoms with Crippen LogP contribution in [0.2, 0.25) is 0 Å². The minimum atomic E-state index is 0.194. The second kappa shape index (κ2) is 4.66. The molecule has 0 aliphatic heterocycles. The number of benzene rings is 1. The van der Waals surface area contributed by atoms with E-state index < -0.39 is 0 Å². The summed E-state index contributed by atoms with van der Waals surface area (Å²) in [5, 5.41) is 12.4. The first-order valence-electron chi connectivity index (χ1n) is 5.19. The quantitative estimate of drug-likeness (QED) is 0.825. The standard InChI is InChI=1S/C13H14N2O/c1-10-4-2-3-5-13(10)15-8-11-6-7-12(16)9-14-11/h2-7,9,15-16H,8H2,1H3. The zero-order chi connectivity index (χ0) is 11.4. The number of aromatic nitrogens is 1. The molecule has 0 atom stereocenters. The lowest BCUT2D eigenvalue weighted by Crippen LogP contribution is -2.02. The van der Waals surface area contributed by atoms with Gasteiger partial charge in [-0.15, -0.1) is 0 Å². The lowest BCUT2D eigenvalue weighted by atomic mass is 10.2. The molecule has 0 unspecified atom stereocenters. The Morgan fingerprint density at radius 3 is 2.69 bits per heavy atom. The molecular weight excluding hydrogens is 200 g/mol. The van der Waals surface area contributed by atoms with Gasteiger partial charge in [0.2, 0.25) is 0 Å². The van der Waals surface area contributed by atoms with Crippen molar-refractivity contribution in [2.45, 2.75) is 13.5 Å². The number of anilines is 1. The van der Waals surface area contributed by atoms with Crippen LogP contribution >= 0.6 is 0 Å². The molecule has 82 valence electrons. The number of pyridine rings is 1. The van der Waals surface area contributed by atoms with Gasteiger partial charge in [0, 0.05) is 5.69 Å². The van der Waals surface area contributed by atoms with Gasteiger partial charge in [-0.05, 0) is 30.7 Å². The lowest BCUT2D eigenvalue weighted by molar-refractivity contribution is 0.472. The van der Waals surface area contributed by atoms with E-state index in [2.05, 4.69) is 23.3 Å². The van der Waals surface area contributed by atoms with Crippen LogP contribution in [-0.4, -0.2) is 10.1 Å². The fourth-order valence-corrected chi connectivity index (χ4v) is 1.48. The van der Waals surface area contributed by atoms with E-state index in [0.717, 1.165) is 11.4 Å². The summed E-state index contributed by atoms with van der Waals surface area (Å²) in [7, 11) is 0. The van der Waals surface area contributed by atoms with Gasteiger partial charge < -0.3 is 10.4 Å². The topological polar surface area (TPSA) is 45.1 Å². The molecule has 0 aliphatic carbocycles. The van der Waals surface area contributed by atoms with E-state index in [1.807, 2.05) is 18.2 Å². The Morgan fingerprint density at radius 1 is 1.19 bits per heavy atom. The fourth-order valence-electron chi connectivity index (χ4n) is 1.48. The molecule has 3 heteroatoms. The molecule has 0 fully saturated rings. The van der Waals surface area contributed by atoms with Crippen LogP contribution in [0, 0.1) is 6.92 Å². The summed E-state index contributed by atoms with van der Waals surface area (Å²) in [6.07, 6.45) is 1.45. The summed E-state index contributed by atoms with van der Waals surface area (Å²) in [5.74, 6) is 0.194. The average Bonchev–Trinajstić information content (AvgIpc) is 2.30. The highest BCUT2D eigenvalue weighted by Crippen LogP contribution is 2.14. The summed E-state index contributed by atoms with van der Waals surface area (Å²) in [5.41, 5.74) is 3.22. The zero-order valence-corrected chi connectivity index (χ0v) is 9.14. The van der Waals surface area contributed by atoms with E-state index in [1.165, 1.54) is 11.8 Å². The molecule has 2 aromatic rings. The van der Waals surface area contributed by atoms with Gasteiger partial charge in [0.05, 0.1) is 18.4 Å². The third-order valence-corrected chi connectivity index (χ3v) is 2.41. The molecule has 3 nitrogen and oxygen atoms in total. The van der Waals surface area contributed by atoms with Crippen molar-refractivity contribution < 1.29 is 5.11 Å². The van der Waals surface area contributed by atoms with E-state index in [0.29, 0.717) is 6.54 Å². The van der Waals surface area contributed by atoms with Crippen molar-refractivity contribution in [3.8, 4) is 5.75 Å². The third-order valence-electron chi connectivity index (χ3n) is 2.41. The summed E-state index contributed by atoms with van der Waals surface area (Å²) in [4.78, 5) is 4.11. The monoisotopic (exact) mass is 214 g/mol. The van der Waals surface area contributed by atoms with Gasteiger partial charge in [-0.3, -0.25) is 4.98 Å². The maximum absolute atomic E-state index is 9.10. The van der Waals surface area contributed by atoms with Crippen LogP contribution in [0.4, 0.5) is 5.69 Å². The Bertz CT molecular complexity index is 466. The van der Waals surface area contributed by atoms with Crippen molar-refractivity contribution in [1.82, 2.24) is 4.98 Å². The molecule has 0 bridgehead atoms. The molecule has 0 amide bonds. The number of nitrogens with zero attached hydrogens (tertiary/aromatic N) is 1. The van der Waals surface area contributed by atoms with E-state index >= 15 is 0 Å². The number of aryl methyl sites for hydroxylation is 1. The molecule has 0 saturated heterocycles. The minimum absolute atomic E-state index is 0.194. The normalized spacial score (nSPS) is 10.1. The molecular formula is C13H14N2O. The van der Waals surface area contributed by atoms with Crippen LogP contribution in [0.1, 0.15) is 11.3 Å². The molecule has 0 radical (unpaired) electrons. The first-order valence-corrected chi connectivity index (χ1v) is 5.19. The number of rotatable bonds is 3. The lowest BCUT2D eigenvalue weighted by Gasteiger charge is -2.08. The van der Waals surface area contributed by atoms with Crippen molar-refractivity contribution in [2.24, 2.45) is 0 Å². The Labute approximate surface area is 94.8 Å². The average molecular weight is 214 g/mol. The predicted molar refractivity (Wildman–Crippen MR) is 64.4 cm³/mol. The SMILES string of the molecule is Cc1ccccc1NCc1ccc(O)cn1. The van der Waals surface area contributed by atoms with Gasteiger partial charge >= 0.3 is 0 Å². The van der Waals surface area contributed by atoms with Crippen LogP contribution in [-0.2, 0) is 6.54 Å². The van der Waals surface area contributed by atoms with E-state index in [4.69, 9.17) is 5.11 Å². The van der Waals surface area contributed by atoms with Crippen molar-refractivity contribution >= 4 is 5.69 Å². The van der Waals surface area contributed by atoms with Crippen LogP contribution in [0.5, 0.6) is 5.75 Å². The summed E-state index contributed by atoms with van der Waals surface area (Å²) in [6.45, 7) is 2.72. The summed E-state index contributed by atoms with van der Waals surface area (Å²) < 4.78 is 0. The Morgan fingerprint density at radius 2 is 2.00 bits per heavy atom. The number of aromatic hydroxyl groups is 1. The molecule has 2 N–H and O–H groups in total. The Hall–Kier alpha value is -2.03. The van der Waals surface area contributed by atoms with E-state index in [1.54, 1.807) is 12.1 Å². The third kappa shape index (κ3) is 2.51. The highest BCUT2D eigenvalue weighted by atomic mass is 16.3. The van der Waals surface area contributed by atoms with Gasteiger partial charge in [-0.1, -0.05) is 18.2 Å². The molecule has 16 heavy (non-hydrogen) atoms. The van der Waals surface area contributed by atoms with E-state index in [-0.39, 0.29) is 5.75 Å². The van der Waals surface area contributed by atoms with Gasteiger partial charge in [-0.25, -0.2) is 0 Å². The molecule has 1 aromatic heterocycles. The minimum Gasteiger partial charge on any atom is -0.506 e. The fraction of sp³-hybridized carbons (Fsp3) is 0.154. The Kier molecular flexibility index (Phi) is 3.05. The largest absolute Gasteiger partial charge is 0.506 e. The zero-order valence-electron chi connectivity index (χ0n) is 9.14. The maximum Gasteiger partial charge on any atom is 0.133 e. The number of para-hydroxylation sites is 1. The molecule has 0 spiro atoms. The summed E-state index contributed by atoms with van der Waals surface area (Å²) >= 11 is 0. The van der Waals surface area contributed by atoms with Crippen LogP contribution in [0.25, 0.3) is 0 Å². The molecule has 0 saturated carbocycles. The van der Waals surface area contributed by atoms with Crippen molar-refractivity contribution in [3.63, 3.8) is 0 Å².